The Morgan fingerprint density at radius 3 is 1.35 bits per heavy atom. The second-order valence-electron chi connectivity index (χ2n) is 18.5. The summed E-state index contributed by atoms with van der Waals surface area (Å²) < 4.78 is 11.6. The van der Waals surface area contributed by atoms with Crippen molar-refractivity contribution < 1.29 is 8.98 Å². The average Bonchev–Trinajstić information content (AvgIpc) is 3.94. The molecular weight excluding hydrogens is 801 g/mol. The molecule has 3 heteroatoms. The maximum absolute atomic E-state index is 6.95. The van der Waals surface area contributed by atoms with Crippen molar-refractivity contribution >= 4 is 32.7 Å². The lowest BCUT2D eigenvalue weighted by Gasteiger charge is -2.20. The van der Waals surface area contributed by atoms with E-state index in [1.165, 1.54) is 83.4 Å². The van der Waals surface area contributed by atoms with Gasteiger partial charge >= 0.3 is 0 Å². The highest BCUT2D eigenvalue weighted by Crippen LogP contribution is 2.43. The molecule has 0 aliphatic heterocycles. The smallest absolute Gasteiger partial charge is 0.297 e. The minimum atomic E-state index is 0.285. The van der Waals surface area contributed by atoms with Crippen LogP contribution in [-0.2, 0) is 7.05 Å². The van der Waals surface area contributed by atoms with E-state index in [-0.39, 0.29) is 11.8 Å². The fraction of sp³-hybridized carbons (Fsp3) is 0.127. The molecular formula is C63H53N2O+. The second-order valence-corrected chi connectivity index (χ2v) is 18.5. The Balaban J connectivity index is 0.895. The lowest BCUT2D eigenvalue weighted by molar-refractivity contribution is -0.659. The van der Waals surface area contributed by atoms with E-state index in [0.29, 0.717) is 0 Å². The summed E-state index contributed by atoms with van der Waals surface area (Å²) in [5.41, 5.74) is 20.3. The summed E-state index contributed by atoms with van der Waals surface area (Å²) in [6, 6.07) is 68.6. The summed E-state index contributed by atoms with van der Waals surface area (Å²) >= 11 is 0. The van der Waals surface area contributed by atoms with Gasteiger partial charge in [-0.3, -0.25) is 0 Å². The first-order valence-electron chi connectivity index (χ1n) is 23.3. The van der Waals surface area contributed by atoms with Crippen molar-refractivity contribution in [3.8, 4) is 72.7 Å². The maximum Gasteiger partial charge on any atom is 0.297 e. The Kier molecular flexibility index (Phi) is 10.4. The van der Waals surface area contributed by atoms with Crippen molar-refractivity contribution in [2.24, 2.45) is 7.05 Å². The third-order valence-electron chi connectivity index (χ3n) is 13.6. The Hall–Kier alpha value is -7.75. The summed E-state index contributed by atoms with van der Waals surface area (Å²) in [5, 5.41) is 4.61. The molecule has 0 radical (unpaired) electrons. The van der Waals surface area contributed by atoms with E-state index >= 15 is 0 Å². The van der Waals surface area contributed by atoms with Crippen LogP contribution < -0.4 is 4.57 Å². The van der Waals surface area contributed by atoms with Gasteiger partial charge in [0.2, 0.25) is 0 Å². The van der Waals surface area contributed by atoms with Gasteiger partial charge in [-0.2, -0.15) is 4.57 Å². The number of hydrogen-bond donors (Lipinski definition) is 0. The first kappa shape index (κ1) is 41.0. The first-order chi connectivity index (χ1) is 32.2. The highest BCUT2D eigenvalue weighted by Gasteiger charge is 2.30. The third kappa shape index (κ3) is 7.22. The van der Waals surface area contributed by atoms with Gasteiger partial charge in [-0.25, -0.2) is 4.57 Å². The Bertz CT molecular complexity index is 3520. The number of furan rings is 1. The van der Waals surface area contributed by atoms with Crippen LogP contribution >= 0.6 is 0 Å². The van der Waals surface area contributed by atoms with Gasteiger partial charge in [-0.05, 0) is 104 Å². The van der Waals surface area contributed by atoms with Gasteiger partial charge in [0.05, 0.1) is 7.05 Å². The molecule has 0 amide bonds. The van der Waals surface area contributed by atoms with Crippen LogP contribution in [0.4, 0.5) is 0 Å². The van der Waals surface area contributed by atoms with E-state index < -0.39 is 0 Å². The normalized spacial score (nSPS) is 11.8. The summed E-state index contributed by atoms with van der Waals surface area (Å²) in [4.78, 5) is 0. The van der Waals surface area contributed by atoms with Crippen LogP contribution in [0, 0.1) is 6.92 Å². The van der Waals surface area contributed by atoms with Crippen LogP contribution in [0.3, 0.4) is 0 Å². The number of rotatable bonds is 9. The number of hydrogen-bond acceptors (Lipinski definition) is 1. The molecule has 11 rings (SSSR count). The molecule has 0 aliphatic rings. The molecule has 0 unspecified atom stereocenters. The van der Waals surface area contributed by atoms with Gasteiger partial charge in [-0.15, -0.1) is 0 Å². The molecule has 320 valence electrons. The lowest BCUT2D eigenvalue weighted by Crippen LogP contribution is -2.29. The topological polar surface area (TPSA) is 21.9 Å². The SMILES string of the molecule is Cc1ccc2c(oc3c4ccccc4ccc23)c1-c1n(-c2c(C(C)C)cc(-c3ccc(-c4ccc(-c5ccc(-c6ccc(-c7ccccc7)cc6)cc5)cc4)cc3)cc2C(C)C)cc[n+]1C. The Labute approximate surface area is 387 Å². The van der Waals surface area contributed by atoms with Crippen LogP contribution in [0.25, 0.3) is 105 Å². The summed E-state index contributed by atoms with van der Waals surface area (Å²) in [6.07, 6.45) is 4.42. The summed E-state index contributed by atoms with van der Waals surface area (Å²) in [5.74, 6) is 1.68. The highest BCUT2D eigenvalue weighted by atomic mass is 16.3. The molecule has 0 bridgehead atoms. The first-order valence-corrected chi connectivity index (χ1v) is 23.3. The van der Waals surface area contributed by atoms with Crippen LogP contribution in [-0.4, -0.2) is 4.57 Å². The predicted molar refractivity (Wildman–Crippen MR) is 277 cm³/mol. The van der Waals surface area contributed by atoms with Gasteiger partial charge in [0.1, 0.15) is 29.2 Å². The third-order valence-corrected chi connectivity index (χ3v) is 13.6. The standard InChI is InChI=1S/C63H53N2O/c1-40(2)57-38-53(51-31-29-50(30-32-51)49-27-25-48(26-28-49)47-23-21-46(22-24-47)45-19-17-44(18-20-45)43-12-8-7-9-13-43)39-58(41(3)4)60(57)65-37-36-64(6)63(65)59-42(5)16-34-56-55-35-33-52-14-10-11-15-54(52)61(55)66-62(56)59/h7-41H,1-6H3/q+1. The zero-order valence-electron chi connectivity index (χ0n) is 38.5. The van der Waals surface area contributed by atoms with Gasteiger partial charge in [-0.1, -0.05) is 198 Å². The predicted octanol–water partition coefficient (Wildman–Crippen LogP) is 16.9. The molecule has 0 saturated carbocycles. The molecule has 3 nitrogen and oxygen atoms in total. The van der Waals surface area contributed by atoms with E-state index in [4.69, 9.17) is 4.42 Å². The van der Waals surface area contributed by atoms with Crippen LogP contribution in [0.15, 0.2) is 205 Å². The Morgan fingerprint density at radius 2 is 0.848 bits per heavy atom. The van der Waals surface area contributed by atoms with E-state index in [9.17, 15) is 0 Å². The number of imidazole rings is 1. The fourth-order valence-electron chi connectivity index (χ4n) is 9.96. The highest BCUT2D eigenvalue weighted by molar-refractivity contribution is 6.17. The molecule has 0 spiro atoms. The molecule has 0 saturated heterocycles. The average molecular weight is 854 g/mol. The van der Waals surface area contributed by atoms with E-state index in [1.54, 1.807) is 0 Å². The van der Waals surface area contributed by atoms with Gasteiger partial charge in [0, 0.05) is 27.3 Å². The molecule has 9 aromatic carbocycles. The van der Waals surface area contributed by atoms with Crippen molar-refractivity contribution in [2.75, 3.05) is 0 Å². The van der Waals surface area contributed by atoms with Crippen LogP contribution in [0.1, 0.15) is 56.2 Å². The van der Waals surface area contributed by atoms with Gasteiger partial charge < -0.3 is 4.42 Å². The number of nitrogens with zero attached hydrogens (tertiary/aromatic N) is 2. The van der Waals surface area contributed by atoms with Gasteiger partial charge in [0.15, 0.2) is 5.58 Å². The molecule has 66 heavy (non-hydrogen) atoms. The fourth-order valence-corrected chi connectivity index (χ4v) is 9.96. The van der Waals surface area contributed by atoms with Crippen molar-refractivity contribution in [2.45, 2.75) is 46.5 Å². The van der Waals surface area contributed by atoms with E-state index in [2.05, 4.69) is 251 Å². The molecule has 0 aliphatic carbocycles. The molecule has 0 atom stereocenters. The number of benzene rings is 9. The largest absolute Gasteiger partial charge is 0.454 e. The number of aryl methyl sites for hydroxylation is 2. The van der Waals surface area contributed by atoms with E-state index in [0.717, 1.165) is 38.7 Å². The van der Waals surface area contributed by atoms with E-state index in [1.807, 2.05) is 0 Å². The molecule has 0 fully saturated rings. The molecule has 2 heterocycles. The minimum Gasteiger partial charge on any atom is -0.454 e. The zero-order valence-corrected chi connectivity index (χ0v) is 38.5. The molecule has 11 aromatic rings. The quantitative estimate of drug-likeness (QED) is 0.133. The molecule has 0 N–H and O–H groups in total. The van der Waals surface area contributed by atoms with Gasteiger partial charge in [0.25, 0.3) is 5.82 Å². The monoisotopic (exact) mass is 853 g/mol. The minimum absolute atomic E-state index is 0.285. The van der Waals surface area contributed by atoms with Crippen molar-refractivity contribution in [3.05, 3.63) is 217 Å². The lowest BCUT2D eigenvalue weighted by atomic mass is 9.87. The zero-order chi connectivity index (χ0) is 45.1. The van der Waals surface area contributed by atoms with Crippen LogP contribution in [0.5, 0.6) is 0 Å². The van der Waals surface area contributed by atoms with Crippen molar-refractivity contribution in [1.82, 2.24) is 4.57 Å². The maximum atomic E-state index is 6.95. The van der Waals surface area contributed by atoms with Crippen LogP contribution in [0.2, 0.25) is 0 Å². The molecule has 2 aromatic heterocycles. The number of fused-ring (bicyclic) bond motifs is 5. The Morgan fingerprint density at radius 1 is 0.424 bits per heavy atom. The second kappa shape index (κ2) is 16.7. The number of aromatic nitrogens is 2. The summed E-state index contributed by atoms with van der Waals surface area (Å²) in [6.45, 7) is 11.5. The summed E-state index contributed by atoms with van der Waals surface area (Å²) in [7, 11) is 2.15. The van der Waals surface area contributed by atoms with Crippen molar-refractivity contribution in [3.63, 3.8) is 0 Å². The van der Waals surface area contributed by atoms with Crippen molar-refractivity contribution in [1.29, 1.82) is 0 Å².